The van der Waals surface area contributed by atoms with Crippen LogP contribution in [0, 0.1) is 0 Å². The number of imide groups is 1. The Labute approximate surface area is 175 Å². The molecule has 3 heterocycles. The quantitative estimate of drug-likeness (QED) is 0.203. The van der Waals surface area contributed by atoms with Gasteiger partial charge in [-0.3, -0.25) is 14.9 Å². The standard InChI is InChI=1S/C23H16N6O2/c1-28-14-8-4-2-6-12(14)16-18-19(23(31)26-22(18)30)17-13-7-3-5-9-15(13)29(11-10-25-27-24)21(17)20(16)28/h2-9H,10-11H2,1H3,(H,26,30,31). The predicted molar refractivity (Wildman–Crippen MR) is 119 cm³/mol. The Hall–Kier alpha value is -4.29. The van der Waals surface area contributed by atoms with E-state index in [9.17, 15) is 9.59 Å². The molecular formula is C23H16N6O2. The summed E-state index contributed by atoms with van der Waals surface area (Å²) in [6.45, 7) is 0.733. The Balaban J connectivity index is 1.96. The summed E-state index contributed by atoms with van der Waals surface area (Å²) in [5.41, 5.74) is 13.3. The Morgan fingerprint density at radius 2 is 1.48 bits per heavy atom. The number of rotatable bonds is 3. The molecule has 150 valence electrons. The highest BCUT2D eigenvalue weighted by atomic mass is 16.2. The van der Waals surface area contributed by atoms with Crippen molar-refractivity contribution in [2.24, 2.45) is 12.2 Å². The Morgan fingerprint density at radius 1 is 0.903 bits per heavy atom. The van der Waals surface area contributed by atoms with Crippen molar-refractivity contribution in [3.05, 3.63) is 70.1 Å². The molecule has 0 saturated carbocycles. The zero-order valence-corrected chi connectivity index (χ0v) is 16.6. The maximum atomic E-state index is 13.0. The first kappa shape index (κ1) is 17.6. The Morgan fingerprint density at radius 3 is 2.16 bits per heavy atom. The van der Waals surface area contributed by atoms with Gasteiger partial charge >= 0.3 is 0 Å². The summed E-state index contributed by atoms with van der Waals surface area (Å²) in [6.07, 6.45) is 0. The van der Waals surface area contributed by atoms with Crippen LogP contribution in [0.4, 0.5) is 0 Å². The van der Waals surface area contributed by atoms with E-state index in [2.05, 4.69) is 24.5 Å². The van der Waals surface area contributed by atoms with Crippen molar-refractivity contribution in [1.29, 1.82) is 0 Å². The molecule has 0 fully saturated rings. The number of carbonyl (C=O) groups is 2. The van der Waals surface area contributed by atoms with Crippen molar-refractivity contribution < 1.29 is 9.59 Å². The minimum Gasteiger partial charge on any atom is -0.342 e. The number of para-hydroxylation sites is 2. The third-order valence-electron chi connectivity index (χ3n) is 6.22. The Kier molecular flexibility index (Phi) is 3.46. The number of hydrogen-bond donors (Lipinski definition) is 1. The largest absolute Gasteiger partial charge is 0.342 e. The number of aryl methyl sites for hydroxylation is 1. The van der Waals surface area contributed by atoms with Crippen LogP contribution in [0.3, 0.4) is 0 Å². The number of hydrogen-bond acceptors (Lipinski definition) is 3. The molecule has 0 aliphatic carbocycles. The average Bonchev–Trinajstić information content (AvgIpc) is 3.37. The lowest BCUT2D eigenvalue weighted by atomic mass is 9.96. The topological polar surface area (TPSA) is 105 Å². The van der Waals surface area contributed by atoms with Gasteiger partial charge in [-0.1, -0.05) is 41.5 Å². The van der Waals surface area contributed by atoms with Crippen molar-refractivity contribution in [2.45, 2.75) is 6.54 Å². The maximum absolute atomic E-state index is 13.0. The van der Waals surface area contributed by atoms with E-state index in [1.54, 1.807) is 0 Å². The third kappa shape index (κ3) is 2.11. The van der Waals surface area contributed by atoms with Gasteiger partial charge in [0.15, 0.2) is 0 Å². The van der Waals surface area contributed by atoms with Crippen molar-refractivity contribution in [3.8, 4) is 0 Å². The summed E-state index contributed by atoms with van der Waals surface area (Å²) in [5.74, 6) is -0.744. The minimum absolute atomic E-state index is 0.276. The van der Waals surface area contributed by atoms with E-state index in [-0.39, 0.29) is 18.4 Å². The van der Waals surface area contributed by atoms with Gasteiger partial charge in [0.05, 0.1) is 22.2 Å². The van der Waals surface area contributed by atoms with Crippen molar-refractivity contribution in [2.75, 3.05) is 6.54 Å². The summed E-state index contributed by atoms with van der Waals surface area (Å²) in [4.78, 5) is 28.8. The van der Waals surface area contributed by atoms with Gasteiger partial charge in [-0.2, -0.15) is 0 Å². The van der Waals surface area contributed by atoms with E-state index in [0.717, 1.165) is 43.6 Å². The molecule has 0 radical (unpaired) electrons. The first-order valence-corrected chi connectivity index (χ1v) is 9.94. The number of amides is 2. The molecule has 31 heavy (non-hydrogen) atoms. The van der Waals surface area contributed by atoms with Gasteiger partial charge in [0.2, 0.25) is 0 Å². The van der Waals surface area contributed by atoms with Gasteiger partial charge in [0, 0.05) is 57.6 Å². The molecule has 0 atom stereocenters. The number of aromatic nitrogens is 2. The van der Waals surface area contributed by atoms with Crippen molar-refractivity contribution >= 4 is 55.4 Å². The molecule has 0 bridgehead atoms. The molecule has 2 amide bonds. The van der Waals surface area contributed by atoms with E-state index in [1.807, 2.05) is 55.6 Å². The normalized spacial score (nSPS) is 13.3. The monoisotopic (exact) mass is 408 g/mol. The highest BCUT2D eigenvalue weighted by Crippen LogP contribution is 2.44. The van der Waals surface area contributed by atoms with Gasteiger partial charge in [-0.25, -0.2) is 0 Å². The van der Waals surface area contributed by atoms with Crippen LogP contribution in [-0.4, -0.2) is 27.5 Å². The molecule has 1 aliphatic heterocycles. The van der Waals surface area contributed by atoms with E-state index in [1.165, 1.54) is 0 Å². The molecule has 2 aromatic heterocycles. The fourth-order valence-corrected chi connectivity index (χ4v) is 5.08. The zero-order valence-electron chi connectivity index (χ0n) is 16.6. The summed E-state index contributed by atoms with van der Waals surface area (Å²) in [6, 6.07) is 15.7. The predicted octanol–water partition coefficient (Wildman–Crippen LogP) is 4.63. The van der Waals surface area contributed by atoms with E-state index >= 15 is 0 Å². The van der Waals surface area contributed by atoms with E-state index < -0.39 is 0 Å². The van der Waals surface area contributed by atoms with Crippen LogP contribution in [0.1, 0.15) is 20.7 Å². The number of fused-ring (bicyclic) bond motifs is 10. The van der Waals surface area contributed by atoms with Crippen LogP contribution in [0.5, 0.6) is 0 Å². The summed E-state index contributed by atoms with van der Waals surface area (Å²) in [7, 11) is 1.97. The third-order valence-corrected chi connectivity index (χ3v) is 6.22. The van der Waals surface area contributed by atoms with Crippen LogP contribution in [0.2, 0.25) is 0 Å². The van der Waals surface area contributed by atoms with Crippen LogP contribution < -0.4 is 5.32 Å². The maximum Gasteiger partial charge on any atom is 0.259 e. The fraction of sp³-hybridized carbons (Fsp3) is 0.130. The Bertz CT molecular complexity index is 1670. The first-order valence-electron chi connectivity index (χ1n) is 9.94. The highest BCUT2D eigenvalue weighted by molar-refractivity contribution is 6.39. The molecule has 6 rings (SSSR count). The average molecular weight is 408 g/mol. The number of nitrogens with one attached hydrogen (secondary N) is 1. The molecule has 1 N–H and O–H groups in total. The van der Waals surface area contributed by atoms with Gasteiger partial charge in [0.1, 0.15) is 0 Å². The molecular weight excluding hydrogens is 392 g/mol. The van der Waals surface area contributed by atoms with Crippen LogP contribution >= 0.6 is 0 Å². The van der Waals surface area contributed by atoms with Crippen molar-refractivity contribution in [3.63, 3.8) is 0 Å². The van der Waals surface area contributed by atoms with Gasteiger partial charge < -0.3 is 9.13 Å². The number of carbonyl (C=O) groups excluding carboxylic acids is 2. The second-order valence-corrected chi connectivity index (χ2v) is 7.68. The molecule has 8 nitrogen and oxygen atoms in total. The molecule has 8 heteroatoms. The second kappa shape index (κ2) is 6.10. The SMILES string of the molecule is Cn1c2ccccc2c2c3c(c4c5ccccc5n(CCN=[N+]=[N-])c4c21)C(=O)NC3=O. The molecule has 0 saturated heterocycles. The lowest BCUT2D eigenvalue weighted by Gasteiger charge is -2.10. The molecule has 0 spiro atoms. The van der Waals surface area contributed by atoms with Gasteiger partial charge in [0.25, 0.3) is 11.8 Å². The second-order valence-electron chi connectivity index (χ2n) is 7.68. The van der Waals surface area contributed by atoms with Crippen LogP contribution in [0.15, 0.2) is 53.6 Å². The van der Waals surface area contributed by atoms with Crippen molar-refractivity contribution in [1.82, 2.24) is 14.5 Å². The summed E-state index contributed by atoms with van der Waals surface area (Å²) < 4.78 is 4.17. The lowest BCUT2D eigenvalue weighted by Crippen LogP contribution is -2.20. The molecule has 5 aromatic rings. The molecule has 0 unspecified atom stereocenters. The van der Waals surface area contributed by atoms with Gasteiger partial charge in [-0.15, -0.1) is 0 Å². The fourth-order valence-electron chi connectivity index (χ4n) is 5.08. The van der Waals surface area contributed by atoms with E-state index in [4.69, 9.17) is 5.53 Å². The summed E-state index contributed by atoms with van der Waals surface area (Å²) >= 11 is 0. The minimum atomic E-state index is -0.377. The number of nitrogens with zero attached hydrogens (tertiary/aromatic N) is 5. The van der Waals surface area contributed by atoms with E-state index in [0.29, 0.717) is 17.7 Å². The number of azide groups is 1. The van der Waals surface area contributed by atoms with Crippen LogP contribution in [-0.2, 0) is 13.6 Å². The van der Waals surface area contributed by atoms with Gasteiger partial charge in [-0.05, 0) is 17.7 Å². The lowest BCUT2D eigenvalue weighted by molar-refractivity contribution is 0.0880. The number of benzene rings is 3. The van der Waals surface area contributed by atoms with Crippen LogP contribution in [0.25, 0.3) is 54.1 Å². The smallest absolute Gasteiger partial charge is 0.259 e. The molecule has 3 aromatic carbocycles. The molecule has 1 aliphatic rings. The zero-order chi connectivity index (χ0) is 21.3. The highest BCUT2D eigenvalue weighted by Gasteiger charge is 2.36. The first-order chi connectivity index (χ1) is 15.1. The summed E-state index contributed by atoms with van der Waals surface area (Å²) in [5, 5.41) is 9.58.